The molecule has 0 saturated heterocycles. The fourth-order valence-electron chi connectivity index (χ4n) is 2.50. The maximum atomic E-state index is 5.99. The molecule has 0 spiro atoms. The van der Waals surface area contributed by atoms with Gasteiger partial charge < -0.3 is 15.5 Å². The first-order valence-electron chi connectivity index (χ1n) is 8.27. The van der Waals surface area contributed by atoms with E-state index < -0.39 is 0 Å². The highest BCUT2D eigenvalue weighted by molar-refractivity contribution is 7.11. The van der Waals surface area contributed by atoms with Crippen LogP contribution in [-0.2, 0) is 6.42 Å². The summed E-state index contributed by atoms with van der Waals surface area (Å²) >= 11 is 7.73. The van der Waals surface area contributed by atoms with Gasteiger partial charge in [0.1, 0.15) is 0 Å². The summed E-state index contributed by atoms with van der Waals surface area (Å²) in [5.74, 6) is 0.800. The first kappa shape index (κ1) is 19.7. The maximum Gasteiger partial charge on any atom is 0.191 e. The van der Waals surface area contributed by atoms with E-state index >= 15 is 0 Å². The topological polar surface area (TPSA) is 52.6 Å². The molecule has 0 radical (unpaired) electrons. The molecular weight excluding hydrogens is 354 g/mol. The number of halogens is 1. The van der Waals surface area contributed by atoms with Gasteiger partial charge in [0.2, 0.25) is 0 Å². The van der Waals surface area contributed by atoms with Crippen molar-refractivity contribution in [3.8, 4) is 0 Å². The first-order valence-corrected chi connectivity index (χ1v) is 9.46. The van der Waals surface area contributed by atoms with Crippen LogP contribution in [-0.4, -0.2) is 50.1 Å². The SMILES string of the molecule is CN=C(NCCc1ncc(C)s1)NCC(c1ccc(Cl)cc1)N(C)C. The molecule has 2 aromatic rings. The van der Waals surface area contributed by atoms with Crippen molar-refractivity contribution < 1.29 is 0 Å². The molecule has 0 amide bonds. The average Bonchev–Trinajstić information content (AvgIpc) is 3.00. The van der Waals surface area contributed by atoms with Crippen LogP contribution in [0.4, 0.5) is 0 Å². The minimum atomic E-state index is 0.234. The van der Waals surface area contributed by atoms with E-state index in [4.69, 9.17) is 11.6 Å². The summed E-state index contributed by atoms with van der Waals surface area (Å²) in [7, 11) is 5.93. The highest BCUT2D eigenvalue weighted by atomic mass is 35.5. The Morgan fingerprint density at radius 2 is 2.00 bits per heavy atom. The molecule has 0 aliphatic heterocycles. The Morgan fingerprint density at radius 1 is 1.28 bits per heavy atom. The van der Waals surface area contributed by atoms with Crippen LogP contribution in [0.3, 0.4) is 0 Å². The highest BCUT2D eigenvalue weighted by Gasteiger charge is 2.14. The molecule has 136 valence electrons. The number of hydrogen-bond donors (Lipinski definition) is 2. The fourth-order valence-corrected chi connectivity index (χ4v) is 3.41. The Balaban J connectivity index is 1.85. The van der Waals surface area contributed by atoms with Gasteiger partial charge in [0.05, 0.1) is 11.0 Å². The van der Waals surface area contributed by atoms with E-state index in [9.17, 15) is 0 Å². The summed E-state index contributed by atoms with van der Waals surface area (Å²) in [5.41, 5.74) is 1.22. The molecule has 2 N–H and O–H groups in total. The van der Waals surface area contributed by atoms with Crippen molar-refractivity contribution in [3.63, 3.8) is 0 Å². The third-order valence-electron chi connectivity index (χ3n) is 3.87. The number of nitrogens with zero attached hydrogens (tertiary/aromatic N) is 3. The Kier molecular flexibility index (Phi) is 7.68. The Bertz CT molecular complexity index is 681. The van der Waals surface area contributed by atoms with Gasteiger partial charge in [-0.1, -0.05) is 23.7 Å². The number of thiazole rings is 1. The third-order valence-corrected chi connectivity index (χ3v) is 5.09. The number of likely N-dealkylation sites (N-methyl/N-ethyl adjacent to an activating group) is 1. The molecule has 0 aliphatic rings. The number of aromatic nitrogens is 1. The summed E-state index contributed by atoms with van der Waals surface area (Å²) < 4.78 is 0. The van der Waals surface area contributed by atoms with Gasteiger partial charge in [-0.05, 0) is 38.7 Å². The zero-order valence-electron chi connectivity index (χ0n) is 15.2. The van der Waals surface area contributed by atoms with Crippen LogP contribution in [0, 0.1) is 6.92 Å². The van der Waals surface area contributed by atoms with Crippen LogP contribution in [0.5, 0.6) is 0 Å². The molecule has 0 bridgehead atoms. The van der Waals surface area contributed by atoms with Crippen molar-refractivity contribution in [1.29, 1.82) is 0 Å². The Morgan fingerprint density at radius 3 is 2.56 bits per heavy atom. The van der Waals surface area contributed by atoms with Gasteiger partial charge in [-0.2, -0.15) is 0 Å². The second-order valence-corrected chi connectivity index (χ2v) is 7.78. The molecular formula is C18H26ClN5S. The second kappa shape index (κ2) is 9.75. The number of rotatable bonds is 7. The lowest BCUT2D eigenvalue weighted by Crippen LogP contribution is -2.42. The van der Waals surface area contributed by atoms with Gasteiger partial charge in [-0.3, -0.25) is 4.99 Å². The molecule has 2 rings (SSSR count). The predicted molar refractivity (Wildman–Crippen MR) is 108 cm³/mol. The Labute approximate surface area is 159 Å². The van der Waals surface area contributed by atoms with Crippen LogP contribution in [0.15, 0.2) is 35.5 Å². The third kappa shape index (κ3) is 6.30. The van der Waals surface area contributed by atoms with Crippen LogP contribution in [0.25, 0.3) is 0 Å². The quantitative estimate of drug-likeness (QED) is 0.573. The number of aryl methyl sites for hydroxylation is 1. The summed E-state index contributed by atoms with van der Waals surface area (Å²) in [6, 6.07) is 8.22. The summed E-state index contributed by atoms with van der Waals surface area (Å²) in [6.45, 7) is 3.64. The lowest BCUT2D eigenvalue weighted by Gasteiger charge is -2.26. The average molecular weight is 380 g/mol. The zero-order valence-corrected chi connectivity index (χ0v) is 16.8. The van der Waals surface area contributed by atoms with Crippen molar-refractivity contribution >= 4 is 28.9 Å². The normalized spacial score (nSPS) is 13.1. The minimum absolute atomic E-state index is 0.234. The van der Waals surface area contributed by atoms with E-state index in [0.717, 1.165) is 35.5 Å². The van der Waals surface area contributed by atoms with E-state index in [1.807, 2.05) is 18.3 Å². The van der Waals surface area contributed by atoms with Crippen molar-refractivity contribution in [3.05, 3.63) is 50.9 Å². The summed E-state index contributed by atoms with van der Waals surface area (Å²) in [4.78, 5) is 12.1. The second-order valence-electron chi connectivity index (χ2n) is 6.03. The highest BCUT2D eigenvalue weighted by Crippen LogP contribution is 2.19. The first-order chi connectivity index (χ1) is 12.0. The number of benzene rings is 1. The molecule has 0 saturated carbocycles. The van der Waals surface area contributed by atoms with Crippen LogP contribution < -0.4 is 10.6 Å². The molecule has 1 aromatic heterocycles. The van der Waals surface area contributed by atoms with Crippen molar-refractivity contribution in [2.24, 2.45) is 4.99 Å². The standard InChI is InChI=1S/C18H26ClN5S/c1-13-11-22-17(25-13)9-10-21-18(20-2)23-12-16(24(3)4)14-5-7-15(19)8-6-14/h5-8,11,16H,9-10,12H2,1-4H3,(H2,20,21,23). The molecule has 1 unspecified atom stereocenters. The zero-order chi connectivity index (χ0) is 18.2. The molecule has 0 fully saturated rings. The van der Waals surface area contributed by atoms with E-state index in [1.54, 1.807) is 18.4 Å². The Hall–Kier alpha value is -1.63. The number of aliphatic imine (C=N–C) groups is 1. The predicted octanol–water partition coefficient (Wildman–Crippen LogP) is 3.12. The van der Waals surface area contributed by atoms with Crippen molar-refractivity contribution in [2.45, 2.75) is 19.4 Å². The molecule has 25 heavy (non-hydrogen) atoms. The minimum Gasteiger partial charge on any atom is -0.356 e. The van der Waals surface area contributed by atoms with Gasteiger partial charge in [0.15, 0.2) is 5.96 Å². The van der Waals surface area contributed by atoms with Gasteiger partial charge in [0, 0.05) is 42.7 Å². The van der Waals surface area contributed by atoms with Gasteiger partial charge >= 0.3 is 0 Å². The van der Waals surface area contributed by atoms with E-state index in [2.05, 4.69) is 58.7 Å². The largest absolute Gasteiger partial charge is 0.356 e. The van der Waals surface area contributed by atoms with Crippen molar-refractivity contribution in [2.75, 3.05) is 34.2 Å². The molecule has 0 aliphatic carbocycles. The van der Waals surface area contributed by atoms with Crippen LogP contribution in [0.2, 0.25) is 5.02 Å². The van der Waals surface area contributed by atoms with E-state index in [1.165, 1.54) is 10.4 Å². The van der Waals surface area contributed by atoms with Crippen LogP contribution in [0.1, 0.15) is 21.5 Å². The van der Waals surface area contributed by atoms with E-state index in [0.29, 0.717) is 0 Å². The summed E-state index contributed by atoms with van der Waals surface area (Å²) in [5, 5.41) is 8.65. The van der Waals surface area contributed by atoms with Crippen molar-refractivity contribution in [1.82, 2.24) is 20.5 Å². The van der Waals surface area contributed by atoms with Gasteiger partial charge in [0.25, 0.3) is 0 Å². The van der Waals surface area contributed by atoms with Gasteiger partial charge in [-0.25, -0.2) is 4.98 Å². The monoisotopic (exact) mass is 379 g/mol. The fraction of sp³-hybridized carbons (Fsp3) is 0.444. The lowest BCUT2D eigenvalue weighted by atomic mass is 10.1. The number of nitrogens with one attached hydrogen (secondary N) is 2. The number of hydrogen-bond acceptors (Lipinski definition) is 4. The summed E-state index contributed by atoms with van der Waals surface area (Å²) in [6.07, 6.45) is 2.81. The molecule has 5 nitrogen and oxygen atoms in total. The van der Waals surface area contributed by atoms with Gasteiger partial charge in [-0.15, -0.1) is 11.3 Å². The molecule has 1 heterocycles. The number of guanidine groups is 1. The smallest absolute Gasteiger partial charge is 0.191 e. The molecule has 7 heteroatoms. The molecule has 1 aromatic carbocycles. The van der Waals surface area contributed by atoms with Crippen LogP contribution >= 0.6 is 22.9 Å². The molecule has 1 atom stereocenters. The lowest BCUT2D eigenvalue weighted by molar-refractivity contribution is 0.298. The van der Waals surface area contributed by atoms with E-state index in [-0.39, 0.29) is 6.04 Å². The maximum absolute atomic E-state index is 5.99.